The third kappa shape index (κ3) is 2.94. The fourth-order valence-corrected chi connectivity index (χ4v) is 3.91. The monoisotopic (exact) mass is 350 g/mol. The molecule has 25 heavy (non-hydrogen) atoms. The zero-order valence-corrected chi connectivity index (χ0v) is 13.9. The molecule has 1 atom stereocenters. The summed E-state index contributed by atoms with van der Waals surface area (Å²) in [5, 5.41) is 10.7. The van der Waals surface area contributed by atoms with E-state index in [1.807, 2.05) is 6.92 Å². The van der Waals surface area contributed by atoms with E-state index < -0.39 is 17.7 Å². The van der Waals surface area contributed by atoms with Crippen molar-refractivity contribution in [2.24, 2.45) is 5.92 Å². The van der Waals surface area contributed by atoms with Crippen LogP contribution in [-0.4, -0.2) is 33.1 Å². The van der Waals surface area contributed by atoms with Gasteiger partial charge in [-0.05, 0) is 44.1 Å². The second-order valence-corrected chi connectivity index (χ2v) is 7.24. The SMILES string of the molecule is Cc1[nH]nc2[nH]c(=O)cc(C3CCC(NC(=O)[C@H]4CC4(F)F)CC3)c12. The summed E-state index contributed by atoms with van der Waals surface area (Å²) in [4.78, 5) is 26.4. The Morgan fingerprint density at radius 3 is 2.64 bits per heavy atom. The maximum atomic E-state index is 13.0. The first-order chi connectivity index (χ1) is 11.8. The molecule has 3 N–H and O–H groups in total. The van der Waals surface area contributed by atoms with Gasteiger partial charge in [0, 0.05) is 29.6 Å². The van der Waals surface area contributed by atoms with Crippen molar-refractivity contribution in [2.75, 3.05) is 0 Å². The summed E-state index contributed by atoms with van der Waals surface area (Å²) < 4.78 is 26.0. The lowest BCUT2D eigenvalue weighted by Crippen LogP contribution is -2.39. The quantitative estimate of drug-likeness (QED) is 0.794. The van der Waals surface area contributed by atoms with Gasteiger partial charge in [-0.3, -0.25) is 14.7 Å². The first-order valence-corrected chi connectivity index (χ1v) is 8.61. The average Bonchev–Trinajstić information content (AvgIpc) is 3.06. The zero-order valence-electron chi connectivity index (χ0n) is 13.9. The highest BCUT2D eigenvalue weighted by atomic mass is 19.3. The normalized spacial score (nSPS) is 28.0. The molecular formula is C17H20F2N4O2. The summed E-state index contributed by atoms with van der Waals surface area (Å²) in [7, 11) is 0. The predicted octanol–water partition coefficient (Wildman–Crippen LogP) is 2.36. The van der Waals surface area contributed by atoms with Crippen LogP contribution in [0, 0.1) is 12.8 Å². The standard InChI is InChI=1S/C17H20F2N4O2/c1-8-14-11(6-13(24)21-15(14)23-22-8)9-2-4-10(5-3-9)20-16(25)12-7-17(12,18)19/h6,9-10,12H,2-5,7H2,1H3,(H,20,25)(H2,21,22,23,24)/t9?,10?,12-/m1/s1. The van der Waals surface area contributed by atoms with E-state index in [0.29, 0.717) is 5.65 Å². The largest absolute Gasteiger partial charge is 0.353 e. The van der Waals surface area contributed by atoms with E-state index in [1.165, 1.54) is 0 Å². The van der Waals surface area contributed by atoms with Crippen LogP contribution in [-0.2, 0) is 4.79 Å². The molecule has 2 saturated carbocycles. The van der Waals surface area contributed by atoms with Crippen molar-refractivity contribution in [2.45, 2.75) is 56.9 Å². The second kappa shape index (κ2) is 5.64. The van der Waals surface area contributed by atoms with E-state index in [0.717, 1.165) is 42.3 Å². The van der Waals surface area contributed by atoms with Crippen molar-refractivity contribution in [3.05, 3.63) is 27.7 Å². The van der Waals surface area contributed by atoms with E-state index in [9.17, 15) is 18.4 Å². The molecule has 0 bridgehead atoms. The number of rotatable bonds is 3. The fourth-order valence-electron chi connectivity index (χ4n) is 3.91. The number of aryl methyl sites for hydroxylation is 1. The highest BCUT2D eigenvalue weighted by Gasteiger charge is 2.61. The molecule has 2 aliphatic carbocycles. The number of hydrogen-bond acceptors (Lipinski definition) is 3. The fraction of sp³-hybridized carbons (Fsp3) is 0.588. The summed E-state index contributed by atoms with van der Waals surface area (Å²) in [6.07, 6.45) is 2.71. The maximum absolute atomic E-state index is 13.0. The average molecular weight is 350 g/mol. The smallest absolute Gasteiger partial charge is 0.260 e. The van der Waals surface area contributed by atoms with Crippen molar-refractivity contribution in [1.29, 1.82) is 0 Å². The van der Waals surface area contributed by atoms with E-state index in [2.05, 4.69) is 20.5 Å². The summed E-state index contributed by atoms with van der Waals surface area (Å²) in [5.41, 5.74) is 2.27. The molecule has 0 aromatic carbocycles. The Balaban J connectivity index is 1.45. The number of hydrogen-bond donors (Lipinski definition) is 3. The molecule has 0 saturated heterocycles. The summed E-state index contributed by atoms with van der Waals surface area (Å²) >= 11 is 0. The van der Waals surface area contributed by atoms with Crippen LogP contribution < -0.4 is 10.9 Å². The predicted molar refractivity (Wildman–Crippen MR) is 87.6 cm³/mol. The Bertz CT molecular complexity index is 880. The van der Waals surface area contributed by atoms with Gasteiger partial charge in [-0.1, -0.05) is 0 Å². The number of nitrogens with zero attached hydrogens (tertiary/aromatic N) is 1. The Hall–Kier alpha value is -2.25. The van der Waals surface area contributed by atoms with Crippen molar-refractivity contribution in [1.82, 2.24) is 20.5 Å². The van der Waals surface area contributed by atoms with Gasteiger partial charge in [-0.25, -0.2) is 8.78 Å². The van der Waals surface area contributed by atoms with Crippen LogP contribution in [0.25, 0.3) is 11.0 Å². The van der Waals surface area contributed by atoms with Crippen LogP contribution in [0.5, 0.6) is 0 Å². The van der Waals surface area contributed by atoms with Gasteiger partial charge in [0.05, 0.1) is 0 Å². The number of carbonyl (C=O) groups is 1. The minimum absolute atomic E-state index is 0.0666. The minimum Gasteiger partial charge on any atom is -0.353 e. The Kier molecular flexibility index (Phi) is 3.66. The first-order valence-electron chi connectivity index (χ1n) is 8.61. The minimum atomic E-state index is -2.82. The molecule has 0 aliphatic heterocycles. The van der Waals surface area contributed by atoms with Crippen molar-refractivity contribution < 1.29 is 13.6 Å². The van der Waals surface area contributed by atoms with Crippen LogP contribution in [0.1, 0.15) is 49.3 Å². The molecule has 4 rings (SSSR count). The Labute approximate surface area is 142 Å². The molecule has 0 unspecified atom stereocenters. The Morgan fingerprint density at radius 2 is 2.00 bits per heavy atom. The molecule has 6 nitrogen and oxygen atoms in total. The molecule has 2 fully saturated rings. The number of nitrogens with one attached hydrogen (secondary N) is 3. The third-order valence-electron chi connectivity index (χ3n) is 5.42. The van der Waals surface area contributed by atoms with Crippen molar-refractivity contribution in [3.63, 3.8) is 0 Å². The molecule has 0 radical (unpaired) electrons. The highest BCUT2D eigenvalue weighted by Crippen LogP contribution is 2.48. The molecular weight excluding hydrogens is 330 g/mol. The lowest BCUT2D eigenvalue weighted by Gasteiger charge is -2.29. The van der Waals surface area contributed by atoms with Gasteiger partial charge in [-0.15, -0.1) is 0 Å². The first kappa shape index (κ1) is 16.2. The van der Waals surface area contributed by atoms with Gasteiger partial charge in [0.2, 0.25) is 11.5 Å². The zero-order chi connectivity index (χ0) is 17.8. The number of H-pyrrole nitrogens is 2. The van der Waals surface area contributed by atoms with Crippen LogP contribution >= 0.6 is 0 Å². The molecule has 2 heterocycles. The van der Waals surface area contributed by atoms with E-state index in [1.54, 1.807) is 6.07 Å². The summed E-state index contributed by atoms with van der Waals surface area (Å²) in [5.74, 6) is -4.29. The van der Waals surface area contributed by atoms with Gasteiger partial charge in [-0.2, -0.15) is 5.10 Å². The molecule has 1 amide bonds. The van der Waals surface area contributed by atoms with Gasteiger partial charge < -0.3 is 10.3 Å². The van der Waals surface area contributed by atoms with E-state index in [4.69, 9.17) is 0 Å². The second-order valence-electron chi connectivity index (χ2n) is 7.24. The summed E-state index contributed by atoms with van der Waals surface area (Å²) in [6, 6.07) is 1.56. The number of carbonyl (C=O) groups excluding carboxylic acids is 1. The summed E-state index contributed by atoms with van der Waals surface area (Å²) in [6.45, 7) is 1.92. The molecule has 2 aromatic heterocycles. The lowest BCUT2D eigenvalue weighted by atomic mass is 9.80. The molecule has 0 spiro atoms. The van der Waals surface area contributed by atoms with E-state index >= 15 is 0 Å². The van der Waals surface area contributed by atoms with Crippen LogP contribution in [0.15, 0.2) is 10.9 Å². The highest BCUT2D eigenvalue weighted by molar-refractivity contribution is 5.83. The topological polar surface area (TPSA) is 90.6 Å². The lowest BCUT2D eigenvalue weighted by molar-refractivity contribution is -0.125. The number of amides is 1. The number of fused-ring (bicyclic) bond motifs is 1. The molecule has 8 heteroatoms. The maximum Gasteiger partial charge on any atom is 0.260 e. The van der Waals surface area contributed by atoms with Crippen LogP contribution in [0.3, 0.4) is 0 Å². The Morgan fingerprint density at radius 1 is 1.32 bits per heavy atom. The molecule has 2 aromatic rings. The van der Waals surface area contributed by atoms with Gasteiger partial charge >= 0.3 is 0 Å². The number of alkyl halides is 2. The van der Waals surface area contributed by atoms with Crippen LogP contribution in [0.4, 0.5) is 8.78 Å². The van der Waals surface area contributed by atoms with E-state index in [-0.39, 0.29) is 23.9 Å². The number of halogens is 2. The molecule has 134 valence electrons. The number of pyridine rings is 1. The van der Waals surface area contributed by atoms with Crippen molar-refractivity contribution >= 4 is 16.9 Å². The van der Waals surface area contributed by atoms with Gasteiger partial charge in [0.25, 0.3) is 5.92 Å². The van der Waals surface area contributed by atoms with Crippen LogP contribution in [0.2, 0.25) is 0 Å². The number of aromatic nitrogens is 3. The number of aromatic amines is 2. The third-order valence-corrected chi connectivity index (χ3v) is 5.42. The van der Waals surface area contributed by atoms with Gasteiger partial charge in [0.15, 0.2) is 5.65 Å². The van der Waals surface area contributed by atoms with Crippen molar-refractivity contribution in [3.8, 4) is 0 Å². The molecule has 2 aliphatic rings. The van der Waals surface area contributed by atoms with Gasteiger partial charge in [0.1, 0.15) is 5.92 Å².